The molecule has 1 aliphatic heterocycles. The molecule has 43 heavy (non-hydrogen) atoms. The van der Waals surface area contributed by atoms with Gasteiger partial charge in [-0.25, -0.2) is 0 Å². The number of ether oxygens (including phenoxy) is 1. The smallest absolute Gasteiger partial charge is 0.241 e. The van der Waals surface area contributed by atoms with Gasteiger partial charge >= 0.3 is 0 Å². The van der Waals surface area contributed by atoms with Crippen LogP contribution in [0.2, 0.25) is 0 Å². The first-order valence-electron chi connectivity index (χ1n) is 13.8. The molecule has 0 unspecified atom stereocenters. The number of rotatable bonds is 9. The van der Waals surface area contributed by atoms with Crippen molar-refractivity contribution < 1.29 is 9.94 Å². The van der Waals surface area contributed by atoms with Crippen LogP contribution in [0.1, 0.15) is 5.56 Å². The maximum Gasteiger partial charge on any atom is 0.241 e. The molecule has 0 spiro atoms. The molecule has 4 aromatic carbocycles. The summed E-state index contributed by atoms with van der Waals surface area (Å²) >= 11 is 0. The summed E-state index contributed by atoms with van der Waals surface area (Å²) in [6.07, 6.45) is 1.69. The Morgan fingerprint density at radius 2 is 1.47 bits per heavy atom. The lowest BCUT2D eigenvalue weighted by molar-refractivity contribution is 0.122. The van der Waals surface area contributed by atoms with E-state index in [9.17, 15) is 5.21 Å². The Morgan fingerprint density at radius 3 is 2.12 bits per heavy atom. The second kappa shape index (κ2) is 13.1. The number of nitrogens with zero attached hydrogens (tertiary/aromatic N) is 7. The molecular weight excluding hydrogens is 544 g/mol. The van der Waals surface area contributed by atoms with Gasteiger partial charge < -0.3 is 25.4 Å². The average Bonchev–Trinajstić information content (AvgIpc) is 3.06. The highest BCUT2D eigenvalue weighted by molar-refractivity contribution is 5.83. The van der Waals surface area contributed by atoms with E-state index in [4.69, 9.17) is 24.9 Å². The summed E-state index contributed by atoms with van der Waals surface area (Å²) in [7, 11) is 0. The van der Waals surface area contributed by atoms with Gasteiger partial charge in [-0.05, 0) is 60.2 Å². The third-order valence-corrected chi connectivity index (χ3v) is 6.71. The van der Waals surface area contributed by atoms with E-state index in [1.165, 1.54) is 12.1 Å². The minimum atomic E-state index is -0.175. The molecule has 1 aliphatic rings. The number of morpholine rings is 1. The normalized spacial score (nSPS) is 13.2. The van der Waals surface area contributed by atoms with E-state index in [1.54, 1.807) is 18.3 Å². The molecule has 0 bridgehead atoms. The van der Waals surface area contributed by atoms with Crippen molar-refractivity contribution in [1.29, 1.82) is 0 Å². The Morgan fingerprint density at radius 1 is 0.791 bits per heavy atom. The highest BCUT2D eigenvalue weighted by Gasteiger charge is 2.21. The Balaban J connectivity index is 1.33. The summed E-state index contributed by atoms with van der Waals surface area (Å²) in [5, 5.41) is 23.3. The largest absolute Gasteiger partial charge is 0.733 e. The van der Waals surface area contributed by atoms with Crippen LogP contribution in [0.5, 0.6) is 0 Å². The Kier molecular flexibility index (Phi) is 8.46. The zero-order valence-corrected chi connectivity index (χ0v) is 23.2. The minimum Gasteiger partial charge on any atom is -0.733 e. The molecule has 0 atom stereocenters. The van der Waals surface area contributed by atoms with Gasteiger partial charge in [0.05, 0.1) is 24.6 Å². The van der Waals surface area contributed by atoms with Crippen molar-refractivity contribution in [3.05, 3.63) is 120 Å². The predicted molar refractivity (Wildman–Crippen MR) is 169 cm³/mol. The van der Waals surface area contributed by atoms with Crippen LogP contribution in [0, 0.1) is 5.21 Å². The van der Waals surface area contributed by atoms with Gasteiger partial charge in [-0.2, -0.15) is 15.0 Å². The molecule has 0 aliphatic carbocycles. The van der Waals surface area contributed by atoms with Crippen molar-refractivity contribution in [1.82, 2.24) is 15.0 Å². The number of benzene rings is 4. The van der Waals surface area contributed by atoms with E-state index in [-0.39, 0.29) is 10.9 Å². The summed E-state index contributed by atoms with van der Waals surface area (Å²) in [5.41, 5.74) is 4.23. The number of aromatic nitrogens is 3. The average molecular weight is 574 g/mol. The van der Waals surface area contributed by atoms with E-state index in [2.05, 4.69) is 15.2 Å². The number of aliphatic imine (C=N–C) groups is 1. The molecule has 0 amide bonds. The van der Waals surface area contributed by atoms with Gasteiger partial charge in [0, 0.05) is 36.4 Å². The predicted octanol–water partition coefficient (Wildman–Crippen LogP) is 6.37. The fourth-order valence-electron chi connectivity index (χ4n) is 4.58. The lowest BCUT2D eigenvalue weighted by atomic mass is 10.2. The molecule has 6 rings (SSSR count). The molecule has 5 aromatic rings. The van der Waals surface area contributed by atoms with Gasteiger partial charge in [-0.15, -0.1) is 0 Å². The van der Waals surface area contributed by atoms with Gasteiger partial charge in [0.2, 0.25) is 17.8 Å². The number of nitrogens with one attached hydrogen (secondary N) is 1. The SMILES string of the molecule is [O-]N(O)c1ccc(C=Nc2cccc(Nc3nc(N4CCOCC4)nc(N(c4ccccc4)c4ccccc4)n3)c2)cc1. The van der Waals surface area contributed by atoms with Crippen molar-refractivity contribution >= 4 is 52.5 Å². The minimum absolute atomic E-state index is 0.148. The van der Waals surface area contributed by atoms with Crippen LogP contribution >= 0.6 is 0 Å². The highest BCUT2D eigenvalue weighted by Crippen LogP contribution is 2.33. The molecule has 2 heterocycles. The molecular formula is C32H29N8O3-. The molecule has 2 N–H and O–H groups in total. The van der Waals surface area contributed by atoms with Gasteiger partial charge in [0.1, 0.15) is 0 Å². The summed E-state index contributed by atoms with van der Waals surface area (Å²) in [6, 6.07) is 34.0. The number of para-hydroxylation sites is 2. The van der Waals surface area contributed by atoms with Gasteiger partial charge in [0.25, 0.3) is 0 Å². The zero-order chi connectivity index (χ0) is 29.4. The summed E-state index contributed by atoms with van der Waals surface area (Å²) in [6.45, 7) is 2.55. The van der Waals surface area contributed by atoms with Crippen LogP contribution in [0.3, 0.4) is 0 Å². The van der Waals surface area contributed by atoms with E-state index in [0.29, 0.717) is 49.8 Å². The quantitative estimate of drug-likeness (QED) is 0.152. The van der Waals surface area contributed by atoms with Crippen molar-refractivity contribution in [2.24, 2.45) is 4.99 Å². The zero-order valence-electron chi connectivity index (χ0n) is 23.2. The second-order valence-corrected chi connectivity index (χ2v) is 9.66. The van der Waals surface area contributed by atoms with Crippen molar-refractivity contribution in [2.75, 3.05) is 46.6 Å². The molecule has 11 nitrogen and oxygen atoms in total. The first-order valence-corrected chi connectivity index (χ1v) is 13.8. The van der Waals surface area contributed by atoms with E-state index in [1.807, 2.05) is 89.8 Å². The third-order valence-electron chi connectivity index (χ3n) is 6.71. The Hall–Kier alpha value is -5.36. The Bertz CT molecular complexity index is 1620. The standard InChI is InChI=1S/C32H29N8O3/c41-40(42)29-16-14-24(15-17-29)23-33-25-8-7-9-26(22-25)34-30-35-31(38-18-20-43-21-19-38)37-32(36-30)39(27-10-3-1-4-11-27)28-12-5-2-6-13-28/h1-17,22-23,41H,18-21H2,(H,34,35,36,37)/q-1. The van der Waals surface area contributed by atoms with Crippen LogP contribution < -0.4 is 20.3 Å². The number of anilines is 7. The van der Waals surface area contributed by atoms with E-state index < -0.39 is 0 Å². The summed E-state index contributed by atoms with van der Waals surface area (Å²) < 4.78 is 5.57. The highest BCUT2D eigenvalue weighted by atomic mass is 16.8. The van der Waals surface area contributed by atoms with Crippen LogP contribution in [0.4, 0.5) is 46.3 Å². The van der Waals surface area contributed by atoms with Crippen molar-refractivity contribution in [3.63, 3.8) is 0 Å². The lowest BCUT2D eigenvalue weighted by Crippen LogP contribution is -2.37. The first kappa shape index (κ1) is 27.8. The topological polar surface area (TPSA) is 125 Å². The van der Waals surface area contributed by atoms with Gasteiger partial charge in [-0.1, -0.05) is 54.6 Å². The second-order valence-electron chi connectivity index (χ2n) is 9.66. The monoisotopic (exact) mass is 573 g/mol. The van der Waals surface area contributed by atoms with Crippen LogP contribution in [-0.2, 0) is 4.74 Å². The molecule has 0 saturated carbocycles. The fraction of sp³-hybridized carbons (Fsp3) is 0.125. The Labute approximate surface area is 248 Å². The number of hydrogen-bond acceptors (Lipinski definition) is 11. The molecule has 0 radical (unpaired) electrons. The van der Waals surface area contributed by atoms with Gasteiger partial charge in [0.15, 0.2) is 0 Å². The molecule has 1 fully saturated rings. The molecule has 11 heteroatoms. The summed E-state index contributed by atoms with van der Waals surface area (Å²) in [5.74, 6) is 1.43. The van der Waals surface area contributed by atoms with Crippen molar-refractivity contribution in [3.8, 4) is 0 Å². The summed E-state index contributed by atoms with van der Waals surface area (Å²) in [4.78, 5) is 23.3. The van der Waals surface area contributed by atoms with Crippen LogP contribution in [0.15, 0.2) is 114 Å². The van der Waals surface area contributed by atoms with Crippen molar-refractivity contribution in [2.45, 2.75) is 0 Å². The lowest BCUT2D eigenvalue weighted by Gasteiger charge is -2.29. The van der Waals surface area contributed by atoms with Crippen LogP contribution in [-0.4, -0.2) is 52.7 Å². The molecule has 216 valence electrons. The molecule has 1 saturated heterocycles. The van der Waals surface area contributed by atoms with Gasteiger partial charge in [-0.3, -0.25) is 15.1 Å². The van der Waals surface area contributed by atoms with E-state index >= 15 is 0 Å². The fourth-order valence-corrected chi connectivity index (χ4v) is 4.58. The van der Waals surface area contributed by atoms with Crippen LogP contribution in [0.25, 0.3) is 0 Å². The molecule has 1 aromatic heterocycles. The first-order chi connectivity index (χ1) is 21.1. The number of hydrogen-bond donors (Lipinski definition) is 2. The maximum absolute atomic E-state index is 11.0. The van der Waals surface area contributed by atoms with E-state index in [0.717, 1.165) is 22.6 Å². The maximum atomic E-state index is 11.0. The third kappa shape index (κ3) is 6.93.